The van der Waals surface area contributed by atoms with Gasteiger partial charge < -0.3 is 18.4 Å². The maximum absolute atomic E-state index is 6.35. The van der Waals surface area contributed by atoms with E-state index in [1.165, 1.54) is 186 Å². The highest BCUT2D eigenvalue weighted by molar-refractivity contribution is 9.10. The van der Waals surface area contributed by atoms with Gasteiger partial charge in [0, 0.05) is 74.8 Å². The lowest BCUT2D eigenvalue weighted by Crippen LogP contribution is -2.15. The number of aromatic nitrogens is 2. The van der Waals surface area contributed by atoms with Gasteiger partial charge in [0.1, 0.15) is 22.3 Å². The van der Waals surface area contributed by atoms with E-state index in [-0.39, 0.29) is 10.8 Å². The number of furan rings is 2. The normalized spacial score (nSPS) is 13.9. The van der Waals surface area contributed by atoms with Crippen molar-refractivity contribution in [2.75, 3.05) is 0 Å². The third kappa shape index (κ3) is 6.94. The monoisotopic (exact) mass is 1230 g/mol. The fourth-order valence-electron chi connectivity index (χ4n) is 16.7. The first-order chi connectivity index (χ1) is 44.5. The van der Waals surface area contributed by atoms with E-state index < -0.39 is 0 Å². The predicted molar refractivity (Wildman–Crippen MR) is 384 cm³/mol. The molecular formula is C86H55BrN2O2. The molecule has 1 N–H and O–H groups in total. The Morgan fingerprint density at radius 2 is 0.714 bits per heavy atom. The van der Waals surface area contributed by atoms with Crippen LogP contribution >= 0.6 is 15.9 Å². The second-order valence-electron chi connectivity index (χ2n) is 26.4. The fraction of sp³-hybridized carbons (Fsp3) is 0.0698. The molecule has 0 radical (unpaired) electrons. The van der Waals surface area contributed by atoms with Gasteiger partial charge >= 0.3 is 0 Å². The zero-order chi connectivity index (χ0) is 60.3. The molecule has 18 aromatic rings. The summed E-state index contributed by atoms with van der Waals surface area (Å²) in [6, 6.07) is 92.9. The number of halogens is 1. The van der Waals surface area contributed by atoms with Crippen LogP contribution in [0, 0.1) is 0 Å². The number of H-pyrrole nitrogens is 1. The number of aromatic amines is 1. The minimum atomic E-state index is -0.170. The van der Waals surface area contributed by atoms with Gasteiger partial charge in [-0.15, -0.1) is 0 Å². The summed E-state index contributed by atoms with van der Waals surface area (Å²) in [4.78, 5) is 3.61. The summed E-state index contributed by atoms with van der Waals surface area (Å²) in [5.41, 5.74) is 31.2. The molecule has 0 spiro atoms. The molecule has 14 aromatic carbocycles. The maximum Gasteiger partial charge on any atom is 0.135 e. The highest BCUT2D eigenvalue weighted by atomic mass is 79.9. The zero-order valence-electron chi connectivity index (χ0n) is 50.4. The summed E-state index contributed by atoms with van der Waals surface area (Å²) >= 11 is 3.64. The Kier molecular flexibility index (Phi) is 10.3. The first kappa shape index (κ1) is 51.2. The molecule has 0 amide bonds. The third-order valence-corrected chi connectivity index (χ3v) is 21.7. The van der Waals surface area contributed by atoms with Crippen LogP contribution in [0.4, 0.5) is 0 Å². The lowest BCUT2D eigenvalue weighted by atomic mass is 9.82. The highest BCUT2D eigenvalue weighted by Gasteiger charge is 2.39. The van der Waals surface area contributed by atoms with Crippen molar-refractivity contribution in [2.45, 2.75) is 38.5 Å². The summed E-state index contributed by atoms with van der Waals surface area (Å²) in [6.07, 6.45) is 0. The van der Waals surface area contributed by atoms with Crippen LogP contribution in [0.5, 0.6) is 0 Å². The van der Waals surface area contributed by atoms with E-state index in [0.717, 1.165) is 22.3 Å². The molecule has 0 aliphatic heterocycles. The van der Waals surface area contributed by atoms with Crippen LogP contribution in [0.25, 0.3) is 181 Å². The summed E-state index contributed by atoms with van der Waals surface area (Å²) in [5.74, 6) is 0. The fourth-order valence-corrected chi connectivity index (χ4v) is 17.2. The molecule has 4 aliphatic rings. The zero-order valence-corrected chi connectivity index (χ0v) is 52.0. The number of para-hydroxylation sites is 4. The molecular weight excluding hydrogens is 1170 g/mol. The molecule has 428 valence electrons. The van der Waals surface area contributed by atoms with Crippen molar-refractivity contribution in [1.29, 1.82) is 0 Å². The predicted octanol–water partition coefficient (Wildman–Crippen LogP) is 24.6. The van der Waals surface area contributed by atoms with Gasteiger partial charge in [-0.3, -0.25) is 0 Å². The molecule has 0 atom stereocenters. The van der Waals surface area contributed by atoms with E-state index in [2.05, 4.69) is 296 Å². The molecule has 4 nitrogen and oxygen atoms in total. The molecule has 0 fully saturated rings. The Morgan fingerprint density at radius 1 is 0.286 bits per heavy atom. The van der Waals surface area contributed by atoms with Gasteiger partial charge in [-0.05, 0) is 190 Å². The van der Waals surface area contributed by atoms with E-state index in [0.29, 0.717) is 0 Å². The molecule has 4 aliphatic carbocycles. The van der Waals surface area contributed by atoms with Crippen molar-refractivity contribution >= 4 is 125 Å². The van der Waals surface area contributed by atoms with Gasteiger partial charge in [0.05, 0.1) is 16.7 Å². The van der Waals surface area contributed by atoms with Crippen molar-refractivity contribution < 1.29 is 8.83 Å². The second-order valence-corrected chi connectivity index (χ2v) is 27.2. The van der Waals surface area contributed by atoms with Gasteiger partial charge in [0.2, 0.25) is 0 Å². The standard InChI is InChI=1S/C43H27NO.C27H19NO.C16H9Br/c1-43(2)35-22-39-33(20-31(35)32-21-34-27-13-6-8-17-40(27)45-41(34)23-36(32)43)26-12-5-7-16-37(26)44(39)38-19-18-29-25-11-4-3-10-24(25)28-14-9-15-30(38)42(28)29;1-27(2)21-13-24-19(15-7-3-5-9-23(15)28-24)11-17(21)18-12-20-16-8-4-6-10-25(16)29-26(20)14-22(18)27;17-15-9-8-13-11-5-2-1-4-10(11)12-6-3-7-14(15)16(12)13/h3-23H,1-2H3;3-14,28H,1-2H3;1-9H. The van der Waals surface area contributed by atoms with Crippen LogP contribution in [0.2, 0.25) is 0 Å². The van der Waals surface area contributed by atoms with Crippen molar-refractivity contribution in [3.63, 3.8) is 0 Å². The number of hydrogen-bond acceptors (Lipinski definition) is 2. The number of benzene rings is 14. The first-order valence-electron chi connectivity index (χ1n) is 31.6. The SMILES string of the molecule is Brc1ccc2c3c(cccc13)-c1ccccc1-2.CC1(C)c2cc3[nH]c4ccccc4c3cc2-c2cc3c(cc21)oc1ccccc13.CC1(C)c2cc3oc4ccccc4c3cc2-c2cc3c4ccccc4n(-c4ccc5c6c(cccc46)-c4ccccc4-5)c3cc21. The van der Waals surface area contributed by atoms with Crippen LogP contribution in [0.1, 0.15) is 49.9 Å². The number of hydrogen-bond donors (Lipinski definition) is 1. The van der Waals surface area contributed by atoms with E-state index in [4.69, 9.17) is 8.83 Å². The van der Waals surface area contributed by atoms with Crippen molar-refractivity contribution in [2.24, 2.45) is 0 Å². The smallest absolute Gasteiger partial charge is 0.135 e. The number of fused-ring (bicyclic) bond motifs is 24. The van der Waals surface area contributed by atoms with Crippen molar-refractivity contribution in [3.05, 3.63) is 282 Å². The van der Waals surface area contributed by atoms with E-state index >= 15 is 0 Å². The van der Waals surface area contributed by atoms with Gasteiger partial charge in [0.25, 0.3) is 0 Å². The lowest BCUT2D eigenvalue weighted by molar-refractivity contribution is 0.647. The number of nitrogens with zero attached hydrogens (tertiary/aromatic N) is 1. The topological polar surface area (TPSA) is 47.0 Å². The van der Waals surface area contributed by atoms with Crippen molar-refractivity contribution in [1.82, 2.24) is 9.55 Å². The maximum atomic E-state index is 6.35. The van der Waals surface area contributed by atoms with Gasteiger partial charge in [-0.2, -0.15) is 0 Å². The van der Waals surface area contributed by atoms with Gasteiger partial charge in [-0.25, -0.2) is 0 Å². The second kappa shape index (κ2) is 18.2. The molecule has 0 saturated carbocycles. The first-order valence-corrected chi connectivity index (χ1v) is 32.4. The molecule has 5 heteroatoms. The van der Waals surface area contributed by atoms with Crippen LogP contribution < -0.4 is 0 Å². The summed E-state index contributed by atoms with van der Waals surface area (Å²) in [7, 11) is 0. The molecule has 22 rings (SSSR count). The third-order valence-electron chi connectivity index (χ3n) is 21.0. The average Bonchev–Trinajstić information content (AvgIpc) is 1.58. The van der Waals surface area contributed by atoms with E-state index in [9.17, 15) is 0 Å². The van der Waals surface area contributed by atoms with E-state index in [1.807, 2.05) is 12.1 Å². The Labute approximate surface area is 532 Å². The van der Waals surface area contributed by atoms with Crippen LogP contribution in [-0.2, 0) is 10.8 Å². The minimum absolute atomic E-state index is 0.0662. The number of nitrogens with one attached hydrogen (secondary N) is 1. The Bertz CT molecular complexity index is 6120. The quantitative estimate of drug-likeness (QED) is 0.178. The van der Waals surface area contributed by atoms with Crippen LogP contribution in [0.15, 0.2) is 268 Å². The molecule has 4 heterocycles. The van der Waals surface area contributed by atoms with Gasteiger partial charge in [0.15, 0.2) is 0 Å². The minimum Gasteiger partial charge on any atom is -0.456 e. The molecule has 4 aromatic heterocycles. The summed E-state index contributed by atoms with van der Waals surface area (Å²) < 4.78 is 16.2. The molecule has 91 heavy (non-hydrogen) atoms. The average molecular weight is 1230 g/mol. The highest BCUT2D eigenvalue weighted by Crippen LogP contribution is 2.56. The molecule has 0 unspecified atom stereocenters. The van der Waals surface area contributed by atoms with E-state index in [1.54, 1.807) is 0 Å². The van der Waals surface area contributed by atoms with Crippen LogP contribution in [0.3, 0.4) is 0 Å². The largest absolute Gasteiger partial charge is 0.456 e. The summed E-state index contributed by atoms with van der Waals surface area (Å²) in [6.45, 7) is 9.36. The van der Waals surface area contributed by atoms with Crippen LogP contribution in [-0.4, -0.2) is 9.55 Å². The Balaban J connectivity index is 0.000000106. The Hall–Kier alpha value is -10.7. The number of rotatable bonds is 1. The molecule has 0 bridgehead atoms. The molecule has 0 saturated heterocycles. The van der Waals surface area contributed by atoms with Crippen molar-refractivity contribution in [3.8, 4) is 72.4 Å². The summed E-state index contributed by atoms with van der Waals surface area (Å²) in [5, 5.41) is 15.2. The Morgan fingerprint density at radius 3 is 1.32 bits per heavy atom. The van der Waals surface area contributed by atoms with Gasteiger partial charge in [-0.1, -0.05) is 213 Å². The lowest BCUT2D eigenvalue weighted by Gasteiger charge is -2.22.